The maximum Gasteiger partial charge on any atom is 0.0682 e. The Labute approximate surface area is 79.0 Å². The van der Waals surface area contributed by atoms with Gasteiger partial charge in [0.15, 0.2) is 0 Å². The monoisotopic (exact) mass is 186 g/mol. The minimum absolute atomic E-state index is 0.0360. The van der Waals surface area contributed by atoms with Gasteiger partial charge in [-0.2, -0.15) is 0 Å². The third kappa shape index (κ3) is 1.39. The molecule has 0 unspecified atom stereocenters. The molecular formula is C10H18O3. The van der Waals surface area contributed by atoms with Crippen LogP contribution in [0.4, 0.5) is 0 Å². The van der Waals surface area contributed by atoms with Crippen LogP contribution in [0.1, 0.15) is 26.2 Å². The Morgan fingerprint density at radius 2 is 2.15 bits per heavy atom. The maximum atomic E-state index is 9.78. The number of hydrogen-bond donors (Lipinski definition) is 1. The van der Waals surface area contributed by atoms with Crippen molar-refractivity contribution in [2.75, 3.05) is 19.8 Å². The number of aliphatic hydroxyl groups is 1. The molecule has 2 rings (SSSR count). The first kappa shape index (κ1) is 9.44. The molecule has 0 aromatic carbocycles. The zero-order valence-electron chi connectivity index (χ0n) is 8.16. The summed E-state index contributed by atoms with van der Waals surface area (Å²) in [5.41, 5.74) is 0.0360. The van der Waals surface area contributed by atoms with Gasteiger partial charge >= 0.3 is 0 Å². The molecular weight excluding hydrogens is 168 g/mol. The zero-order valence-corrected chi connectivity index (χ0v) is 8.16. The summed E-state index contributed by atoms with van der Waals surface area (Å²) in [6, 6.07) is 0. The van der Waals surface area contributed by atoms with Gasteiger partial charge in [-0.15, -0.1) is 0 Å². The maximum absolute atomic E-state index is 9.78. The van der Waals surface area contributed by atoms with E-state index in [2.05, 4.69) is 0 Å². The van der Waals surface area contributed by atoms with E-state index in [-0.39, 0.29) is 17.6 Å². The molecule has 0 bridgehead atoms. The first-order chi connectivity index (χ1) is 6.29. The van der Waals surface area contributed by atoms with Crippen molar-refractivity contribution in [1.29, 1.82) is 0 Å². The summed E-state index contributed by atoms with van der Waals surface area (Å²) in [6.07, 6.45) is 2.84. The minimum Gasteiger partial charge on any atom is -0.392 e. The van der Waals surface area contributed by atoms with E-state index in [0.29, 0.717) is 0 Å². The molecule has 2 aliphatic rings. The molecule has 3 heteroatoms. The van der Waals surface area contributed by atoms with Crippen molar-refractivity contribution in [1.82, 2.24) is 0 Å². The summed E-state index contributed by atoms with van der Waals surface area (Å²) < 4.78 is 10.9. The average molecular weight is 186 g/mol. The quantitative estimate of drug-likeness (QED) is 0.698. The topological polar surface area (TPSA) is 38.7 Å². The summed E-state index contributed by atoms with van der Waals surface area (Å²) in [7, 11) is 0. The normalized spacial score (nSPS) is 37.4. The molecule has 2 fully saturated rings. The molecule has 13 heavy (non-hydrogen) atoms. The first-order valence-electron chi connectivity index (χ1n) is 5.17. The summed E-state index contributed by atoms with van der Waals surface area (Å²) in [4.78, 5) is 0. The molecule has 3 nitrogen and oxygen atoms in total. The van der Waals surface area contributed by atoms with Crippen LogP contribution in [0.15, 0.2) is 0 Å². The highest BCUT2D eigenvalue weighted by atomic mass is 16.5. The number of aliphatic hydroxyl groups excluding tert-OH is 1. The van der Waals surface area contributed by atoms with E-state index in [9.17, 15) is 5.11 Å². The van der Waals surface area contributed by atoms with E-state index in [1.165, 1.54) is 0 Å². The second-order valence-corrected chi connectivity index (χ2v) is 4.04. The highest BCUT2D eigenvalue weighted by Gasteiger charge is 2.55. The van der Waals surface area contributed by atoms with Gasteiger partial charge in [-0.05, 0) is 19.8 Å². The van der Waals surface area contributed by atoms with E-state index >= 15 is 0 Å². The van der Waals surface area contributed by atoms with Gasteiger partial charge in [0.2, 0.25) is 0 Å². The van der Waals surface area contributed by atoms with Gasteiger partial charge in [-0.1, -0.05) is 0 Å². The first-order valence-corrected chi connectivity index (χ1v) is 5.17. The lowest BCUT2D eigenvalue weighted by Gasteiger charge is -2.54. The Morgan fingerprint density at radius 3 is 2.69 bits per heavy atom. The van der Waals surface area contributed by atoms with Gasteiger partial charge in [-0.25, -0.2) is 0 Å². The van der Waals surface area contributed by atoms with Crippen LogP contribution in [0, 0.1) is 5.41 Å². The molecule has 0 aromatic rings. The Kier molecular flexibility index (Phi) is 2.58. The Bertz CT molecular complexity index is 173. The number of ether oxygens (including phenoxy) is 2. The van der Waals surface area contributed by atoms with Crippen LogP contribution >= 0.6 is 0 Å². The summed E-state index contributed by atoms with van der Waals surface area (Å²) in [5.74, 6) is 0. The Hall–Kier alpha value is -0.120. The van der Waals surface area contributed by atoms with E-state index in [4.69, 9.17) is 9.47 Å². The molecule has 1 N–H and O–H groups in total. The molecule has 0 amide bonds. The molecule has 1 aliphatic carbocycles. The van der Waals surface area contributed by atoms with Crippen molar-refractivity contribution in [2.45, 2.75) is 38.4 Å². The second-order valence-electron chi connectivity index (χ2n) is 4.04. The highest BCUT2D eigenvalue weighted by Crippen LogP contribution is 2.50. The molecule has 1 saturated heterocycles. The van der Waals surface area contributed by atoms with Crippen LogP contribution in [0.5, 0.6) is 0 Å². The van der Waals surface area contributed by atoms with Crippen molar-refractivity contribution in [3.05, 3.63) is 0 Å². The molecule has 2 atom stereocenters. The van der Waals surface area contributed by atoms with Crippen LogP contribution < -0.4 is 0 Å². The van der Waals surface area contributed by atoms with Crippen molar-refractivity contribution in [3.8, 4) is 0 Å². The standard InChI is InChI=1S/C10H18O3/c1-2-13-9-7-8(11)10(9)3-5-12-6-4-10/h8-9,11H,2-7H2,1H3/t8-,9-/m1/s1. The van der Waals surface area contributed by atoms with Crippen molar-refractivity contribution in [3.63, 3.8) is 0 Å². The second kappa shape index (κ2) is 3.56. The van der Waals surface area contributed by atoms with E-state index in [1.807, 2.05) is 6.92 Å². The van der Waals surface area contributed by atoms with E-state index < -0.39 is 0 Å². The third-order valence-corrected chi connectivity index (χ3v) is 3.53. The van der Waals surface area contributed by atoms with E-state index in [1.54, 1.807) is 0 Å². The van der Waals surface area contributed by atoms with Crippen LogP contribution in [-0.2, 0) is 9.47 Å². The molecule has 76 valence electrons. The van der Waals surface area contributed by atoms with Crippen LogP contribution in [0.25, 0.3) is 0 Å². The highest BCUT2D eigenvalue weighted by molar-refractivity contribution is 5.04. The summed E-state index contributed by atoms with van der Waals surface area (Å²) >= 11 is 0. The number of hydrogen-bond acceptors (Lipinski definition) is 3. The van der Waals surface area contributed by atoms with Crippen molar-refractivity contribution >= 4 is 0 Å². The fourth-order valence-corrected chi connectivity index (χ4v) is 2.57. The summed E-state index contributed by atoms with van der Waals surface area (Å²) in [5, 5.41) is 9.78. The SMILES string of the molecule is CCO[C@@H]1C[C@@H](O)C12CCOCC2. The third-order valence-electron chi connectivity index (χ3n) is 3.53. The van der Waals surface area contributed by atoms with Crippen LogP contribution in [-0.4, -0.2) is 37.1 Å². The molecule has 0 aromatic heterocycles. The Morgan fingerprint density at radius 1 is 1.46 bits per heavy atom. The lowest BCUT2D eigenvalue weighted by atomic mass is 9.59. The number of rotatable bonds is 2. The summed E-state index contributed by atoms with van der Waals surface area (Å²) in [6.45, 7) is 4.32. The molecule has 1 saturated carbocycles. The van der Waals surface area contributed by atoms with Gasteiger partial charge in [0.1, 0.15) is 0 Å². The van der Waals surface area contributed by atoms with Crippen LogP contribution in [0.2, 0.25) is 0 Å². The van der Waals surface area contributed by atoms with Gasteiger partial charge < -0.3 is 14.6 Å². The smallest absolute Gasteiger partial charge is 0.0682 e. The lowest BCUT2D eigenvalue weighted by Crippen LogP contribution is -2.60. The molecule has 0 radical (unpaired) electrons. The van der Waals surface area contributed by atoms with Crippen molar-refractivity contribution < 1.29 is 14.6 Å². The van der Waals surface area contributed by atoms with Crippen LogP contribution in [0.3, 0.4) is 0 Å². The van der Waals surface area contributed by atoms with Gasteiger partial charge in [0.25, 0.3) is 0 Å². The lowest BCUT2D eigenvalue weighted by molar-refractivity contribution is -0.220. The predicted molar refractivity (Wildman–Crippen MR) is 48.5 cm³/mol. The molecule has 1 spiro atoms. The zero-order chi connectivity index (χ0) is 9.31. The van der Waals surface area contributed by atoms with E-state index in [0.717, 1.165) is 39.1 Å². The fourth-order valence-electron chi connectivity index (χ4n) is 2.57. The van der Waals surface area contributed by atoms with Gasteiger partial charge in [0, 0.05) is 31.7 Å². The molecule has 1 aliphatic heterocycles. The predicted octanol–water partition coefficient (Wildman–Crippen LogP) is 0.953. The van der Waals surface area contributed by atoms with Crippen molar-refractivity contribution in [2.24, 2.45) is 5.41 Å². The van der Waals surface area contributed by atoms with Gasteiger partial charge in [-0.3, -0.25) is 0 Å². The molecule has 1 heterocycles. The minimum atomic E-state index is -0.159. The Balaban J connectivity index is 1.99. The van der Waals surface area contributed by atoms with Gasteiger partial charge in [0.05, 0.1) is 12.2 Å². The largest absolute Gasteiger partial charge is 0.392 e. The fraction of sp³-hybridized carbons (Fsp3) is 1.00. The average Bonchev–Trinajstić information content (AvgIpc) is 2.19.